The largest absolute Gasteiger partial charge is 0.337 e. The summed E-state index contributed by atoms with van der Waals surface area (Å²) in [4.78, 5) is 17.6. The lowest BCUT2D eigenvalue weighted by Gasteiger charge is -2.03. The number of hydrogen-bond donors (Lipinski definition) is 1. The molecule has 0 aliphatic carbocycles. The van der Waals surface area contributed by atoms with Gasteiger partial charge in [0.1, 0.15) is 5.82 Å². The maximum Gasteiger partial charge on any atom is 0.138 e. The van der Waals surface area contributed by atoms with E-state index in [-0.39, 0.29) is 0 Å². The van der Waals surface area contributed by atoms with Gasteiger partial charge in [-0.1, -0.05) is 54.6 Å². The second-order valence-corrected chi connectivity index (χ2v) is 7.05. The molecule has 0 aliphatic heterocycles. The van der Waals surface area contributed by atoms with Crippen molar-refractivity contribution in [3.63, 3.8) is 0 Å². The van der Waals surface area contributed by atoms with Gasteiger partial charge >= 0.3 is 0 Å². The first-order chi connectivity index (χ1) is 14.4. The molecule has 0 saturated carbocycles. The molecule has 6 rings (SSSR count). The summed E-state index contributed by atoms with van der Waals surface area (Å²) in [5, 5.41) is 2.05. The van der Waals surface area contributed by atoms with Crippen molar-refractivity contribution in [3.05, 3.63) is 91.3 Å². The van der Waals surface area contributed by atoms with E-state index in [9.17, 15) is 0 Å². The number of imidazole rings is 1. The highest BCUT2D eigenvalue weighted by Crippen LogP contribution is 2.33. The zero-order chi connectivity index (χ0) is 19.2. The molecule has 0 amide bonds. The van der Waals surface area contributed by atoms with Crippen LogP contribution in [0.25, 0.3) is 55.4 Å². The highest BCUT2D eigenvalue weighted by molar-refractivity contribution is 6.21. The van der Waals surface area contributed by atoms with Crippen LogP contribution in [-0.4, -0.2) is 19.9 Å². The van der Waals surface area contributed by atoms with Crippen LogP contribution in [0.4, 0.5) is 0 Å². The number of aromatic nitrogens is 4. The van der Waals surface area contributed by atoms with Crippen molar-refractivity contribution in [1.82, 2.24) is 19.9 Å². The van der Waals surface area contributed by atoms with Crippen LogP contribution < -0.4 is 0 Å². The summed E-state index contributed by atoms with van der Waals surface area (Å²) in [5.41, 5.74) is 7.15. The van der Waals surface area contributed by atoms with Gasteiger partial charge in [0, 0.05) is 28.7 Å². The quantitative estimate of drug-likeness (QED) is 0.380. The Kier molecular flexibility index (Phi) is 3.43. The topological polar surface area (TPSA) is 54.5 Å². The molecule has 0 saturated heterocycles. The summed E-state index contributed by atoms with van der Waals surface area (Å²) in [6, 6.07) is 26.9. The molecule has 0 radical (unpaired) electrons. The van der Waals surface area contributed by atoms with E-state index in [2.05, 4.69) is 75.6 Å². The van der Waals surface area contributed by atoms with Crippen molar-refractivity contribution >= 4 is 32.8 Å². The molecule has 3 heterocycles. The maximum atomic E-state index is 4.94. The second kappa shape index (κ2) is 6.24. The van der Waals surface area contributed by atoms with Gasteiger partial charge in [-0.05, 0) is 35.4 Å². The van der Waals surface area contributed by atoms with Gasteiger partial charge < -0.3 is 4.98 Å². The zero-order valence-electron chi connectivity index (χ0n) is 15.5. The van der Waals surface area contributed by atoms with Crippen LogP contribution in [0, 0.1) is 0 Å². The average molecular weight is 372 g/mol. The number of hydrogen-bond acceptors (Lipinski definition) is 3. The molecule has 0 unspecified atom stereocenters. The van der Waals surface area contributed by atoms with E-state index >= 15 is 0 Å². The van der Waals surface area contributed by atoms with Crippen LogP contribution in [0.1, 0.15) is 0 Å². The number of nitrogens with zero attached hydrogens (tertiary/aromatic N) is 3. The van der Waals surface area contributed by atoms with Crippen molar-refractivity contribution in [2.24, 2.45) is 0 Å². The summed E-state index contributed by atoms with van der Waals surface area (Å²) >= 11 is 0. The van der Waals surface area contributed by atoms with Gasteiger partial charge in [-0.15, -0.1) is 0 Å². The zero-order valence-corrected chi connectivity index (χ0v) is 15.5. The molecular weight excluding hydrogens is 356 g/mol. The first-order valence-corrected chi connectivity index (χ1v) is 9.55. The van der Waals surface area contributed by atoms with Crippen LogP contribution in [0.5, 0.6) is 0 Å². The van der Waals surface area contributed by atoms with E-state index < -0.39 is 0 Å². The number of fused-ring (bicyclic) bond motifs is 6. The van der Waals surface area contributed by atoms with Gasteiger partial charge in [0.05, 0.1) is 22.1 Å². The third-order valence-corrected chi connectivity index (χ3v) is 5.33. The van der Waals surface area contributed by atoms with Crippen molar-refractivity contribution in [2.45, 2.75) is 0 Å². The lowest BCUT2D eigenvalue weighted by atomic mass is 10.0. The molecule has 136 valence electrons. The van der Waals surface area contributed by atoms with Crippen molar-refractivity contribution in [2.75, 3.05) is 0 Å². The van der Waals surface area contributed by atoms with Gasteiger partial charge in [-0.25, -0.2) is 4.98 Å². The smallest absolute Gasteiger partial charge is 0.138 e. The summed E-state index contributed by atoms with van der Waals surface area (Å²) in [6.45, 7) is 0. The predicted octanol–water partition coefficient (Wildman–Crippen LogP) is 5.99. The van der Waals surface area contributed by atoms with Gasteiger partial charge in [0.2, 0.25) is 0 Å². The van der Waals surface area contributed by atoms with Crippen LogP contribution in [-0.2, 0) is 0 Å². The van der Waals surface area contributed by atoms with Crippen LogP contribution >= 0.6 is 0 Å². The Morgan fingerprint density at radius 3 is 1.90 bits per heavy atom. The van der Waals surface area contributed by atoms with E-state index in [1.807, 2.05) is 24.4 Å². The molecule has 29 heavy (non-hydrogen) atoms. The summed E-state index contributed by atoms with van der Waals surface area (Å²) in [7, 11) is 0. The van der Waals surface area contributed by atoms with E-state index in [4.69, 9.17) is 4.98 Å². The monoisotopic (exact) mass is 372 g/mol. The highest BCUT2D eigenvalue weighted by atomic mass is 14.9. The van der Waals surface area contributed by atoms with E-state index in [1.54, 1.807) is 6.20 Å². The van der Waals surface area contributed by atoms with Crippen LogP contribution in [0.2, 0.25) is 0 Å². The van der Waals surface area contributed by atoms with Gasteiger partial charge in [0.15, 0.2) is 0 Å². The maximum absolute atomic E-state index is 4.94. The molecule has 3 aromatic heterocycles. The van der Waals surface area contributed by atoms with Crippen molar-refractivity contribution < 1.29 is 0 Å². The summed E-state index contributed by atoms with van der Waals surface area (Å²) in [6.07, 6.45) is 3.61. The fraction of sp³-hybridized carbons (Fsp3) is 0. The van der Waals surface area contributed by atoms with E-state index in [0.29, 0.717) is 0 Å². The number of pyridine rings is 2. The number of aromatic amines is 1. The molecule has 0 atom stereocenters. The number of H-pyrrole nitrogens is 1. The first kappa shape index (κ1) is 16.0. The molecule has 4 heteroatoms. The molecular formula is C25H16N4. The third kappa shape index (κ3) is 2.50. The average Bonchev–Trinajstić information content (AvgIpc) is 3.26. The Labute approximate surface area is 166 Å². The minimum Gasteiger partial charge on any atom is -0.337 e. The normalized spacial score (nSPS) is 11.4. The standard InChI is InChI=1S/C25H16N4/c1-2-6-16(7-3-1)17-10-12-18(13-11-17)25-28-23-19-8-4-14-26-21(19)22-20(24(23)29-25)9-5-15-27-22/h1-15H,(H,28,29). The number of benzene rings is 3. The molecule has 1 N–H and O–H groups in total. The van der Waals surface area contributed by atoms with Crippen molar-refractivity contribution in [3.8, 4) is 22.5 Å². The van der Waals surface area contributed by atoms with Gasteiger partial charge in [0.25, 0.3) is 0 Å². The highest BCUT2D eigenvalue weighted by Gasteiger charge is 2.15. The van der Waals surface area contributed by atoms with Crippen LogP contribution in [0.3, 0.4) is 0 Å². The molecule has 4 nitrogen and oxygen atoms in total. The first-order valence-electron chi connectivity index (χ1n) is 9.55. The Morgan fingerprint density at radius 1 is 0.517 bits per heavy atom. The second-order valence-electron chi connectivity index (χ2n) is 7.05. The summed E-state index contributed by atoms with van der Waals surface area (Å²) in [5.74, 6) is 0.848. The van der Waals surface area contributed by atoms with E-state index in [0.717, 1.165) is 44.2 Å². The molecule has 0 bridgehead atoms. The number of nitrogens with one attached hydrogen (secondary N) is 1. The van der Waals surface area contributed by atoms with Crippen LogP contribution in [0.15, 0.2) is 91.3 Å². The van der Waals surface area contributed by atoms with Crippen molar-refractivity contribution in [1.29, 1.82) is 0 Å². The lowest BCUT2D eigenvalue weighted by molar-refractivity contribution is 1.34. The summed E-state index contributed by atoms with van der Waals surface area (Å²) < 4.78 is 0. The fourth-order valence-electron chi connectivity index (χ4n) is 3.93. The molecule has 3 aromatic carbocycles. The minimum absolute atomic E-state index is 0.848. The molecule has 0 aliphatic rings. The number of rotatable bonds is 2. The third-order valence-electron chi connectivity index (χ3n) is 5.33. The Bertz CT molecular complexity index is 1410. The van der Waals surface area contributed by atoms with E-state index in [1.165, 1.54) is 11.1 Å². The van der Waals surface area contributed by atoms with Gasteiger partial charge in [-0.2, -0.15) is 0 Å². The Morgan fingerprint density at radius 2 is 1.14 bits per heavy atom. The SMILES string of the molecule is c1ccc(-c2ccc(-c3nc4c5cccnc5c5ncccc5c4[nH]3)cc2)cc1. The van der Waals surface area contributed by atoms with Gasteiger partial charge in [-0.3, -0.25) is 9.97 Å². The molecule has 0 spiro atoms. The molecule has 0 fully saturated rings. The Balaban J connectivity index is 1.56. The lowest BCUT2D eigenvalue weighted by Crippen LogP contribution is -1.86. The fourth-order valence-corrected chi connectivity index (χ4v) is 3.93. The Hall–Kier alpha value is -4.05. The predicted molar refractivity (Wildman–Crippen MR) is 118 cm³/mol. The molecule has 6 aromatic rings. The minimum atomic E-state index is 0.848.